The molecule has 0 unspecified atom stereocenters. The van der Waals surface area contributed by atoms with Crippen molar-refractivity contribution in [1.29, 1.82) is 0 Å². The number of rotatable bonds is 1. The minimum absolute atomic E-state index is 0.0586. The summed E-state index contributed by atoms with van der Waals surface area (Å²) in [4.78, 5) is 18.3. The molecule has 0 aliphatic rings. The van der Waals surface area contributed by atoms with Crippen LogP contribution in [0.2, 0.25) is 0 Å². The fourth-order valence-electron chi connectivity index (χ4n) is 1.34. The van der Waals surface area contributed by atoms with Gasteiger partial charge in [-0.25, -0.2) is 4.98 Å². The van der Waals surface area contributed by atoms with Crippen molar-refractivity contribution in [2.75, 3.05) is 0 Å². The zero-order valence-corrected chi connectivity index (χ0v) is 8.19. The third kappa shape index (κ3) is 1.88. The van der Waals surface area contributed by atoms with Crippen molar-refractivity contribution in [2.24, 2.45) is 0 Å². The van der Waals surface area contributed by atoms with E-state index in [0.29, 0.717) is 11.0 Å². The molecule has 0 aliphatic heterocycles. The summed E-state index contributed by atoms with van der Waals surface area (Å²) in [5.74, 6) is 0.0586. The van der Waals surface area contributed by atoms with Crippen LogP contribution >= 0.6 is 0 Å². The third-order valence-corrected chi connectivity index (χ3v) is 1.97. The van der Waals surface area contributed by atoms with Crippen LogP contribution < -0.4 is 5.56 Å². The summed E-state index contributed by atoms with van der Waals surface area (Å²) in [7, 11) is 0. The van der Waals surface area contributed by atoms with Gasteiger partial charge < -0.3 is 10.1 Å². The summed E-state index contributed by atoms with van der Waals surface area (Å²) in [6, 6.07) is 7.25. The van der Waals surface area contributed by atoms with Gasteiger partial charge in [-0.1, -0.05) is 12.1 Å². The van der Waals surface area contributed by atoms with E-state index in [2.05, 4.69) is 9.97 Å². The first-order valence-electron chi connectivity index (χ1n) is 4.53. The summed E-state index contributed by atoms with van der Waals surface area (Å²) in [6.07, 6.45) is 1.34. The minimum atomic E-state index is -0.304. The first-order chi connectivity index (χ1) is 7.16. The normalized spacial score (nSPS) is 11.9. The zero-order valence-electron chi connectivity index (χ0n) is 8.19. The molecule has 0 bridgehead atoms. The van der Waals surface area contributed by atoms with Crippen LogP contribution in [0.25, 0.3) is 17.1 Å². The van der Waals surface area contributed by atoms with Crippen LogP contribution in [0.15, 0.2) is 34.8 Å². The molecular formula is C11H10N2O2. The van der Waals surface area contributed by atoms with Crippen LogP contribution in [-0.4, -0.2) is 15.1 Å². The first-order valence-corrected chi connectivity index (χ1v) is 4.53. The molecule has 0 saturated carbocycles. The summed E-state index contributed by atoms with van der Waals surface area (Å²) >= 11 is 0. The second kappa shape index (κ2) is 3.57. The summed E-state index contributed by atoms with van der Waals surface area (Å²) < 4.78 is 0. The van der Waals surface area contributed by atoms with Gasteiger partial charge in [0.15, 0.2) is 0 Å². The van der Waals surface area contributed by atoms with Crippen molar-refractivity contribution in [1.82, 2.24) is 9.97 Å². The highest BCUT2D eigenvalue weighted by atomic mass is 16.3. The second-order valence-electron chi connectivity index (χ2n) is 3.25. The lowest BCUT2D eigenvalue weighted by Crippen LogP contribution is -2.11. The molecule has 15 heavy (non-hydrogen) atoms. The van der Waals surface area contributed by atoms with Gasteiger partial charge in [0, 0.05) is 6.08 Å². The maximum atomic E-state index is 11.5. The van der Waals surface area contributed by atoms with E-state index in [1.165, 1.54) is 13.0 Å². The molecule has 1 heterocycles. The molecule has 4 heteroatoms. The van der Waals surface area contributed by atoms with Crippen LogP contribution in [0.3, 0.4) is 0 Å². The van der Waals surface area contributed by atoms with Crippen LogP contribution in [0.1, 0.15) is 12.6 Å². The Labute approximate surface area is 85.9 Å². The van der Waals surface area contributed by atoms with Gasteiger partial charge >= 0.3 is 0 Å². The van der Waals surface area contributed by atoms with Gasteiger partial charge in [0.2, 0.25) is 0 Å². The molecule has 0 aliphatic carbocycles. The number of aliphatic hydroxyl groups is 1. The number of H-pyrrole nitrogens is 1. The average Bonchev–Trinajstić information content (AvgIpc) is 2.18. The number of hydrogen-bond donors (Lipinski definition) is 2. The highest BCUT2D eigenvalue weighted by Gasteiger charge is 2.01. The first kappa shape index (κ1) is 9.45. The Balaban J connectivity index is 2.73. The van der Waals surface area contributed by atoms with Crippen molar-refractivity contribution in [3.05, 3.63) is 46.1 Å². The van der Waals surface area contributed by atoms with E-state index >= 15 is 0 Å². The number of aromatic amines is 1. The van der Waals surface area contributed by atoms with E-state index in [-0.39, 0.29) is 17.0 Å². The van der Waals surface area contributed by atoms with E-state index in [1.807, 2.05) is 12.1 Å². The fraction of sp³-hybridized carbons (Fsp3) is 0.0909. The van der Waals surface area contributed by atoms with E-state index in [0.717, 1.165) is 0 Å². The maximum Gasteiger partial charge on any atom is 0.274 e. The van der Waals surface area contributed by atoms with Gasteiger partial charge in [0.25, 0.3) is 5.56 Å². The van der Waals surface area contributed by atoms with Gasteiger partial charge in [-0.15, -0.1) is 0 Å². The zero-order chi connectivity index (χ0) is 10.8. The second-order valence-corrected chi connectivity index (χ2v) is 3.25. The molecular weight excluding hydrogens is 192 g/mol. The Morgan fingerprint density at radius 3 is 2.93 bits per heavy atom. The molecule has 0 radical (unpaired) electrons. The van der Waals surface area contributed by atoms with Crippen LogP contribution in [0, 0.1) is 0 Å². The number of fused-ring (bicyclic) bond motifs is 1. The molecule has 1 aromatic carbocycles. The van der Waals surface area contributed by atoms with E-state index in [4.69, 9.17) is 5.11 Å². The van der Waals surface area contributed by atoms with Crippen LogP contribution in [0.4, 0.5) is 0 Å². The van der Waals surface area contributed by atoms with Gasteiger partial charge in [0.05, 0.1) is 16.8 Å². The molecule has 2 aromatic rings. The Morgan fingerprint density at radius 1 is 1.47 bits per heavy atom. The van der Waals surface area contributed by atoms with E-state index < -0.39 is 0 Å². The molecule has 4 nitrogen and oxygen atoms in total. The summed E-state index contributed by atoms with van der Waals surface area (Å²) in [6.45, 7) is 1.50. The molecule has 0 fully saturated rings. The molecule has 1 aromatic heterocycles. The molecule has 0 amide bonds. The monoisotopic (exact) mass is 202 g/mol. The van der Waals surface area contributed by atoms with E-state index in [9.17, 15) is 4.79 Å². The Hall–Kier alpha value is -2.10. The molecule has 0 atom stereocenters. The number of para-hydroxylation sites is 2. The van der Waals surface area contributed by atoms with Crippen molar-refractivity contribution >= 4 is 17.1 Å². The highest BCUT2D eigenvalue weighted by molar-refractivity contribution is 5.74. The molecule has 2 N–H and O–H groups in total. The predicted molar refractivity (Wildman–Crippen MR) is 58.6 cm³/mol. The van der Waals surface area contributed by atoms with Crippen LogP contribution in [-0.2, 0) is 0 Å². The number of hydrogen-bond acceptors (Lipinski definition) is 3. The van der Waals surface area contributed by atoms with E-state index in [1.54, 1.807) is 12.1 Å². The summed E-state index contributed by atoms with van der Waals surface area (Å²) in [5.41, 5.74) is 1.30. The molecule has 0 saturated heterocycles. The lowest BCUT2D eigenvalue weighted by atomic mass is 10.3. The number of aliphatic hydroxyl groups excluding tert-OH is 1. The maximum absolute atomic E-state index is 11.5. The van der Waals surface area contributed by atoms with Crippen molar-refractivity contribution < 1.29 is 5.11 Å². The van der Waals surface area contributed by atoms with Crippen LogP contribution in [0.5, 0.6) is 0 Å². The molecule has 0 spiro atoms. The highest BCUT2D eigenvalue weighted by Crippen LogP contribution is 2.07. The fourth-order valence-corrected chi connectivity index (χ4v) is 1.34. The largest absolute Gasteiger partial charge is 0.513 e. The number of aromatic nitrogens is 2. The van der Waals surface area contributed by atoms with Crippen molar-refractivity contribution in [3.8, 4) is 0 Å². The molecule has 2 rings (SSSR count). The Kier molecular flexibility index (Phi) is 2.25. The topological polar surface area (TPSA) is 66.0 Å². The van der Waals surface area contributed by atoms with Gasteiger partial charge in [0.1, 0.15) is 5.69 Å². The number of benzene rings is 1. The van der Waals surface area contributed by atoms with Gasteiger partial charge in [-0.05, 0) is 19.1 Å². The quantitative estimate of drug-likeness (QED) is 0.693. The van der Waals surface area contributed by atoms with Gasteiger partial charge in [-0.2, -0.15) is 0 Å². The summed E-state index contributed by atoms with van der Waals surface area (Å²) in [5, 5.41) is 9.07. The lowest BCUT2D eigenvalue weighted by molar-refractivity contribution is 0.419. The Morgan fingerprint density at radius 2 is 2.20 bits per heavy atom. The Bertz CT molecular complexity index is 580. The molecule has 76 valence electrons. The standard InChI is InChI=1S/C11H10N2O2/c1-7(14)6-10-11(15)13-9-5-3-2-4-8(9)12-10/h2-6,14H,1H3,(H,13,15). The minimum Gasteiger partial charge on any atom is -0.513 e. The number of nitrogens with zero attached hydrogens (tertiary/aromatic N) is 1. The van der Waals surface area contributed by atoms with Gasteiger partial charge in [-0.3, -0.25) is 4.79 Å². The smallest absolute Gasteiger partial charge is 0.274 e. The van der Waals surface area contributed by atoms with Crippen molar-refractivity contribution in [2.45, 2.75) is 6.92 Å². The van der Waals surface area contributed by atoms with Crippen molar-refractivity contribution in [3.63, 3.8) is 0 Å². The number of allylic oxidation sites excluding steroid dienone is 1. The average molecular weight is 202 g/mol. The lowest BCUT2D eigenvalue weighted by Gasteiger charge is -1.98. The SMILES string of the molecule is CC(O)=Cc1nc2ccccc2[nH]c1=O. The predicted octanol–water partition coefficient (Wildman–Crippen LogP) is 1.84. The third-order valence-electron chi connectivity index (χ3n) is 1.97. The number of nitrogens with one attached hydrogen (secondary N) is 1.